The molecule has 0 unspecified atom stereocenters. The minimum atomic E-state index is -0.647. The van der Waals surface area contributed by atoms with Gasteiger partial charge >= 0.3 is 0 Å². The van der Waals surface area contributed by atoms with Gasteiger partial charge in [0.05, 0.1) is 0 Å². The standard InChI is InChI=1S/C29H39F2N7S/c1-9-16(2)26(22(15-32)18(4)33-6)27(20-10-11-20)29(35-25-12-17(3)36-37-25)34-19(5)38(7)28-23(30)13-21(39-8)14-24(28)31/h12-15,20H,9-11,32H2,1-8H3,(H2,35,36,37)/b22-15+,26-16+,29-27+,33-18?,34-19+. The first-order chi connectivity index (χ1) is 18.6. The zero-order valence-corrected chi connectivity index (χ0v) is 24.9. The summed E-state index contributed by atoms with van der Waals surface area (Å²) >= 11 is 1.28. The molecule has 1 heterocycles. The first-order valence-corrected chi connectivity index (χ1v) is 14.2. The Bertz CT molecular complexity index is 1340. The zero-order chi connectivity index (χ0) is 28.9. The molecule has 1 fully saturated rings. The number of H-pyrrole nitrogens is 1. The molecule has 7 nitrogen and oxygen atoms in total. The quantitative estimate of drug-likeness (QED) is 0.127. The smallest absolute Gasteiger partial charge is 0.153 e. The molecule has 0 amide bonds. The number of aromatic amines is 1. The SMILES string of the molecule is CC/C(C)=C(C(=C\N)\C(C)=NC)/C(=C(\N=C(/C)N(C)c1c(F)cc(SC)cc1F)Nc1cc(C)[nH]n1)C1CC1. The third kappa shape index (κ3) is 6.98. The summed E-state index contributed by atoms with van der Waals surface area (Å²) in [6.07, 6.45) is 6.16. The highest BCUT2D eigenvalue weighted by atomic mass is 32.2. The number of allylic oxidation sites excluding steroid dienone is 4. The van der Waals surface area contributed by atoms with Crippen molar-refractivity contribution in [3.8, 4) is 0 Å². The van der Waals surface area contributed by atoms with Crippen LogP contribution in [0, 0.1) is 24.5 Å². The van der Waals surface area contributed by atoms with E-state index in [4.69, 9.17) is 10.7 Å². The molecular formula is C29H39F2N7S. The van der Waals surface area contributed by atoms with Gasteiger partial charge in [-0.2, -0.15) is 5.10 Å². The lowest BCUT2D eigenvalue weighted by Crippen LogP contribution is -2.26. The summed E-state index contributed by atoms with van der Waals surface area (Å²) < 4.78 is 30.0. The summed E-state index contributed by atoms with van der Waals surface area (Å²) in [5, 5.41) is 10.7. The topological polar surface area (TPSA) is 94.7 Å². The van der Waals surface area contributed by atoms with E-state index in [1.165, 1.54) is 28.8 Å². The maximum atomic E-state index is 15.0. The number of hydrogen-bond acceptors (Lipinski definition) is 6. The van der Waals surface area contributed by atoms with Gasteiger partial charge in [-0.1, -0.05) is 12.5 Å². The molecular weight excluding hydrogens is 516 g/mol. The second-order valence-corrected chi connectivity index (χ2v) is 10.5. The minimum absolute atomic E-state index is 0.158. The van der Waals surface area contributed by atoms with Crippen molar-refractivity contribution in [3.05, 3.63) is 69.8 Å². The van der Waals surface area contributed by atoms with E-state index in [-0.39, 0.29) is 11.6 Å². The molecule has 10 heteroatoms. The number of anilines is 2. The Morgan fingerprint density at radius 3 is 2.33 bits per heavy atom. The molecule has 1 aromatic heterocycles. The Balaban J connectivity index is 2.28. The highest BCUT2D eigenvalue weighted by Crippen LogP contribution is 2.45. The van der Waals surface area contributed by atoms with Crippen molar-refractivity contribution in [2.24, 2.45) is 21.6 Å². The van der Waals surface area contributed by atoms with Gasteiger partial charge in [-0.05, 0) is 76.8 Å². The van der Waals surface area contributed by atoms with Crippen molar-refractivity contribution < 1.29 is 8.78 Å². The number of amidine groups is 1. The molecule has 0 saturated heterocycles. The van der Waals surface area contributed by atoms with E-state index in [9.17, 15) is 0 Å². The third-order valence-corrected chi connectivity index (χ3v) is 7.61. The van der Waals surface area contributed by atoms with Crippen molar-refractivity contribution >= 4 is 34.8 Å². The van der Waals surface area contributed by atoms with Gasteiger partial charge in [0.1, 0.15) is 17.3 Å². The lowest BCUT2D eigenvalue weighted by atomic mass is 9.87. The molecule has 0 atom stereocenters. The minimum Gasteiger partial charge on any atom is -0.404 e. The van der Waals surface area contributed by atoms with Gasteiger partial charge in [-0.25, -0.2) is 13.8 Å². The van der Waals surface area contributed by atoms with Crippen LogP contribution in [0.5, 0.6) is 0 Å². The maximum Gasteiger partial charge on any atom is 0.153 e. The number of aliphatic imine (C=N–C) groups is 2. The fourth-order valence-corrected chi connectivity index (χ4v) is 4.76. The molecule has 0 aliphatic heterocycles. The lowest BCUT2D eigenvalue weighted by Gasteiger charge is -2.24. The number of hydrogen-bond donors (Lipinski definition) is 3. The summed E-state index contributed by atoms with van der Waals surface area (Å²) in [7, 11) is 3.35. The number of halogens is 2. The molecule has 1 aromatic carbocycles. The highest BCUT2D eigenvalue weighted by molar-refractivity contribution is 7.98. The van der Waals surface area contributed by atoms with Crippen LogP contribution in [0.2, 0.25) is 0 Å². The highest BCUT2D eigenvalue weighted by Gasteiger charge is 2.34. The number of benzene rings is 1. The Hall–Kier alpha value is -3.40. The van der Waals surface area contributed by atoms with Gasteiger partial charge in [0, 0.05) is 53.8 Å². The fourth-order valence-electron chi connectivity index (χ4n) is 4.31. The first kappa shape index (κ1) is 30.1. The average Bonchev–Trinajstić information content (AvgIpc) is 3.67. The Kier molecular flexibility index (Phi) is 10.1. The number of thioether (sulfide) groups is 1. The van der Waals surface area contributed by atoms with E-state index < -0.39 is 11.6 Å². The van der Waals surface area contributed by atoms with E-state index in [2.05, 4.69) is 34.4 Å². The number of aryl methyl sites for hydroxylation is 1. The van der Waals surface area contributed by atoms with Gasteiger partial charge in [-0.15, -0.1) is 11.8 Å². The molecule has 3 rings (SSSR count). The van der Waals surface area contributed by atoms with Crippen LogP contribution in [-0.2, 0) is 0 Å². The van der Waals surface area contributed by atoms with Gasteiger partial charge < -0.3 is 16.0 Å². The predicted octanol–water partition coefficient (Wildman–Crippen LogP) is 6.97. The van der Waals surface area contributed by atoms with Crippen LogP contribution < -0.4 is 16.0 Å². The summed E-state index contributed by atoms with van der Waals surface area (Å²) in [4.78, 5) is 11.3. The van der Waals surface area contributed by atoms with Crippen molar-refractivity contribution in [2.45, 2.75) is 58.8 Å². The molecule has 2 aromatic rings. The molecule has 0 spiro atoms. The van der Waals surface area contributed by atoms with E-state index in [0.717, 1.165) is 53.0 Å². The monoisotopic (exact) mass is 555 g/mol. The molecule has 1 saturated carbocycles. The third-order valence-electron chi connectivity index (χ3n) is 6.90. The van der Waals surface area contributed by atoms with Crippen molar-refractivity contribution in [2.75, 3.05) is 30.6 Å². The van der Waals surface area contributed by atoms with Crippen LogP contribution in [0.15, 0.2) is 67.4 Å². The normalized spacial score (nSPS) is 16.2. The first-order valence-electron chi connectivity index (χ1n) is 13.0. The van der Waals surface area contributed by atoms with Crippen molar-refractivity contribution in [1.29, 1.82) is 0 Å². The fraction of sp³-hybridized carbons (Fsp3) is 0.414. The molecule has 210 valence electrons. The number of nitrogens with one attached hydrogen (secondary N) is 2. The van der Waals surface area contributed by atoms with E-state index in [1.807, 2.05) is 19.9 Å². The largest absolute Gasteiger partial charge is 0.404 e. The molecule has 1 aliphatic rings. The summed E-state index contributed by atoms with van der Waals surface area (Å²) in [6, 6.07) is 4.55. The van der Waals surface area contributed by atoms with Gasteiger partial charge in [0.15, 0.2) is 17.5 Å². The van der Waals surface area contributed by atoms with Crippen LogP contribution in [0.4, 0.5) is 20.3 Å². The Morgan fingerprint density at radius 1 is 1.23 bits per heavy atom. The van der Waals surface area contributed by atoms with E-state index in [0.29, 0.717) is 22.4 Å². The Labute approximate surface area is 234 Å². The molecule has 0 radical (unpaired) electrons. The zero-order valence-electron chi connectivity index (χ0n) is 24.0. The van der Waals surface area contributed by atoms with Crippen molar-refractivity contribution in [3.63, 3.8) is 0 Å². The number of aromatic nitrogens is 2. The molecule has 1 aliphatic carbocycles. The number of nitrogens with zero attached hydrogens (tertiary/aromatic N) is 4. The predicted molar refractivity (Wildman–Crippen MR) is 161 cm³/mol. The molecule has 4 N–H and O–H groups in total. The van der Waals surface area contributed by atoms with Gasteiger partial charge in [-0.3, -0.25) is 10.1 Å². The van der Waals surface area contributed by atoms with Crippen LogP contribution in [0.1, 0.15) is 52.7 Å². The molecule has 39 heavy (non-hydrogen) atoms. The lowest BCUT2D eigenvalue weighted by molar-refractivity contribution is 0.579. The van der Waals surface area contributed by atoms with Crippen molar-refractivity contribution in [1.82, 2.24) is 10.2 Å². The van der Waals surface area contributed by atoms with Crippen LogP contribution in [-0.4, -0.2) is 42.1 Å². The van der Waals surface area contributed by atoms with Crippen LogP contribution in [0.3, 0.4) is 0 Å². The number of rotatable bonds is 10. The summed E-state index contributed by atoms with van der Waals surface area (Å²) in [5.41, 5.74) is 11.7. The van der Waals surface area contributed by atoms with Crippen LogP contribution in [0.25, 0.3) is 0 Å². The summed E-state index contributed by atoms with van der Waals surface area (Å²) in [5.74, 6) is 0.497. The van der Waals surface area contributed by atoms with E-state index >= 15 is 8.78 Å². The number of nitrogens with two attached hydrogens (primary N) is 1. The van der Waals surface area contributed by atoms with Gasteiger partial charge in [0.25, 0.3) is 0 Å². The second kappa shape index (κ2) is 13.1. The van der Waals surface area contributed by atoms with Gasteiger partial charge in [0.2, 0.25) is 0 Å². The average molecular weight is 556 g/mol. The maximum absolute atomic E-state index is 15.0. The Morgan fingerprint density at radius 2 is 1.87 bits per heavy atom. The van der Waals surface area contributed by atoms with Crippen LogP contribution >= 0.6 is 11.8 Å². The molecule has 0 bridgehead atoms. The second-order valence-electron chi connectivity index (χ2n) is 9.65. The van der Waals surface area contributed by atoms with E-state index in [1.54, 1.807) is 33.5 Å². The summed E-state index contributed by atoms with van der Waals surface area (Å²) in [6.45, 7) is 9.77.